The lowest BCUT2D eigenvalue weighted by atomic mass is 9.98. The maximum absolute atomic E-state index is 14.3. The van der Waals surface area contributed by atoms with E-state index >= 15 is 0 Å². The van der Waals surface area contributed by atoms with Gasteiger partial charge in [0.2, 0.25) is 5.91 Å². The van der Waals surface area contributed by atoms with Gasteiger partial charge in [-0.2, -0.15) is 0 Å². The standard InChI is InChI=1S/C20H23FN2O2/c21-18-9-5-4-8-17(18)19(12-15-6-2-1-3-7-15)23-20(24)13-16-14-22-10-11-25-16/h1-9,16,19,22H,10-14H2,(H,23,24)/t16-,19+/m1/s1. The Morgan fingerprint density at radius 2 is 1.96 bits per heavy atom. The molecule has 132 valence electrons. The molecule has 2 atom stereocenters. The smallest absolute Gasteiger partial charge is 0.223 e. The Labute approximate surface area is 147 Å². The van der Waals surface area contributed by atoms with Crippen LogP contribution in [0.1, 0.15) is 23.6 Å². The topological polar surface area (TPSA) is 50.4 Å². The molecule has 3 rings (SSSR count). The normalized spacial score (nSPS) is 18.5. The van der Waals surface area contributed by atoms with E-state index in [1.165, 1.54) is 6.07 Å². The minimum absolute atomic E-state index is 0.127. The van der Waals surface area contributed by atoms with Crippen molar-refractivity contribution < 1.29 is 13.9 Å². The molecule has 1 heterocycles. The maximum Gasteiger partial charge on any atom is 0.223 e. The van der Waals surface area contributed by atoms with Crippen LogP contribution in [0.4, 0.5) is 4.39 Å². The van der Waals surface area contributed by atoms with Crippen LogP contribution in [-0.2, 0) is 16.0 Å². The minimum Gasteiger partial charge on any atom is -0.375 e. The van der Waals surface area contributed by atoms with Crippen LogP contribution in [0.3, 0.4) is 0 Å². The second kappa shape index (κ2) is 8.74. The molecule has 1 saturated heterocycles. The van der Waals surface area contributed by atoms with Crippen molar-refractivity contribution in [3.63, 3.8) is 0 Å². The average molecular weight is 342 g/mol. The van der Waals surface area contributed by atoms with Gasteiger partial charge < -0.3 is 15.4 Å². The molecule has 0 bridgehead atoms. The van der Waals surface area contributed by atoms with Gasteiger partial charge in [0.25, 0.3) is 0 Å². The SMILES string of the molecule is O=C(C[C@@H]1CNCCO1)N[C@@H](Cc1ccccc1)c1ccccc1F. The Morgan fingerprint density at radius 1 is 1.20 bits per heavy atom. The molecule has 0 aromatic heterocycles. The number of rotatable bonds is 6. The first-order chi connectivity index (χ1) is 12.2. The van der Waals surface area contributed by atoms with E-state index in [-0.39, 0.29) is 24.2 Å². The molecule has 2 aromatic rings. The number of morpholine rings is 1. The number of nitrogens with one attached hydrogen (secondary N) is 2. The first-order valence-electron chi connectivity index (χ1n) is 8.62. The Bertz CT molecular complexity index is 687. The van der Waals surface area contributed by atoms with Crippen molar-refractivity contribution in [2.75, 3.05) is 19.7 Å². The zero-order valence-electron chi connectivity index (χ0n) is 14.1. The lowest BCUT2D eigenvalue weighted by Crippen LogP contribution is -2.42. The summed E-state index contributed by atoms with van der Waals surface area (Å²) in [7, 11) is 0. The van der Waals surface area contributed by atoms with Gasteiger partial charge in [-0.05, 0) is 18.1 Å². The van der Waals surface area contributed by atoms with Gasteiger partial charge in [-0.1, -0.05) is 48.5 Å². The first kappa shape index (κ1) is 17.6. The van der Waals surface area contributed by atoms with Crippen LogP contribution in [-0.4, -0.2) is 31.7 Å². The first-order valence-corrected chi connectivity index (χ1v) is 8.62. The molecule has 0 spiro atoms. The van der Waals surface area contributed by atoms with Crippen molar-refractivity contribution in [2.24, 2.45) is 0 Å². The van der Waals surface area contributed by atoms with Crippen molar-refractivity contribution in [3.8, 4) is 0 Å². The summed E-state index contributed by atoms with van der Waals surface area (Å²) < 4.78 is 19.8. The summed E-state index contributed by atoms with van der Waals surface area (Å²) >= 11 is 0. The van der Waals surface area contributed by atoms with E-state index in [0.717, 1.165) is 12.1 Å². The predicted molar refractivity (Wildman–Crippen MR) is 94.7 cm³/mol. The molecule has 0 unspecified atom stereocenters. The van der Waals surface area contributed by atoms with E-state index in [0.29, 0.717) is 25.1 Å². The number of carbonyl (C=O) groups excluding carboxylic acids is 1. The fourth-order valence-electron chi connectivity index (χ4n) is 3.06. The van der Waals surface area contributed by atoms with Crippen LogP contribution in [0.15, 0.2) is 54.6 Å². The highest BCUT2D eigenvalue weighted by Gasteiger charge is 2.22. The molecule has 0 aliphatic carbocycles. The summed E-state index contributed by atoms with van der Waals surface area (Å²) in [5.74, 6) is -0.433. The van der Waals surface area contributed by atoms with E-state index in [1.807, 2.05) is 30.3 Å². The summed E-state index contributed by atoms with van der Waals surface area (Å²) in [6.07, 6.45) is 0.677. The van der Waals surface area contributed by atoms with E-state index in [1.54, 1.807) is 18.2 Å². The highest BCUT2D eigenvalue weighted by Crippen LogP contribution is 2.21. The molecular formula is C20H23FN2O2. The van der Waals surface area contributed by atoms with Gasteiger partial charge in [0.15, 0.2) is 0 Å². The van der Waals surface area contributed by atoms with E-state index in [9.17, 15) is 9.18 Å². The van der Waals surface area contributed by atoms with Crippen LogP contribution < -0.4 is 10.6 Å². The maximum atomic E-state index is 14.3. The third-order valence-corrected chi connectivity index (χ3v) is 4.32. The second-order valence-corrected chi connectivity index (χ2v) is 6.23. The molecular weight excluding hydrogens is 319 g/mol. The van der Waals surface area contributed by atoms with Crippen molar-refractivity contribution in [1.82, 2.24) is 10.6 Å². The zero-order valence-corrected chi connectivity index (χ0v) is 14.1. The number of hydrogen-bond donors (Lipinski definition) is 2. The Hall–Kier alpha value is -2.24. The molecule has 1 aliphatic heterocycles. The minimum atomic E-state index is -0.410. The largest absolute Gasteiger partial charge is 0.375 e. The number of halogens is 1. The van der Waals surface area contributed by atoms with Crippen LogP contribution in [0.25, 0.3) is 0 Å². The quantitative estimate of drug-likeness (QED) is 0.848. The molecule has 25 heavy (non-hydrogen) atoms. The van der Waals surface area contributed by atoms with E-state index in [2.05, 4.69) is 10.6 Å². The van der Waals surface area contributed by atoms with Crippen LogP contribution >= 0.6 is 0 Å². The summed E-state index contributed by atoms with van der Waals surface area (Å²) in [5, 5.41) is 6.19. The summed E-state index contributed by atoms with van der Waals surface area (Å²) in [6, 6.07) is 16.0. The molecule has 4 nitrogen and oxygen atoms in total. The van der Waals surface area contributed by atoms with E-state index < -0.39 is 6.04 Å². The molecule has 5 heteroatoms. The summed E-state index contributed by atoms with van der Waals surface area (Å²) in [6.45, 7) is 2.08. The van der Waals surface area contributed by atoms with Crippen molar-refractivity contribution in [3.05, 3.63) is 71.5 Å². The third kappa shape index (κ3) is 5.11. The molecule has 1 amide bonds. The van der Waals surface area contributed by atoms with Gasteiger partial charge in [-0.25, -0.2) is 4.39 Å². The average Bonchev–Trinajstić information content (AvgIpc) is 2.63. The fourth-order valence-corrected chi connectivity index (χ4v) is 3.06. The highest BCUT2D eigenvalue weighted by atomic mass is 19.1. The number of carbonyl (C=O) groups is 1. The van der Waals surface area contributed by atoms with Crippen LogP contribution in [0.5, 0.6) is 0 Å². The monoisotopic (exact) mass is 342 g/mol. The number of ether oxygens (including phenoxy) is 1. The lowest BCUT2D eigenvalue weighted by molar-refractivity contribution is -0.125. The van der Waals surface area contributed by atoms with Gasteiger partial charge in [0.1, 0.15) is 5.82 Å². The molecule has 1 fully saturated rings. The van der Waals surface area contributed by atoms with Gasteiger partial charge in [0, 0.05) is 18.7 Å². The van der Waals surface area contributed by atoms with Gasteiger partial charge in [-0.15, -0.1) is 0 Å². The molecule has 0 radical (unpaired) electrons. The number of hydrogen-bond acceptors (Lipinski definition) is 3. The molecule has 2 N–H and O–H groups in total. The Morgan fingerprint density at radius 3 is 2.68 bits per heavy atom. The van der Waals surface area contributed by atoms with E-state index in [4.69, 9.17) is 4.74 Å². The van der Waals surface area contributed by atoms with Gasteiger partial charge >= 0.3 is 0 Å². The van der Waals surface area contributed by atoms with Crippen molar-refractivity contribution in [1.29, 1.82) is 0 Å². The van der Waals surface area contributed by atoms with Crippen molar-refractivity contribution >= 4 is 5.91 Å². The predicted octanol–water partition coefficient (Wildman–Crippen LogP) is 2.60. The molecule has 0 saturated carbocycles. The summed E-state index contributed by atoms with van der Waals surface area (Å²) in [4.78, 5) is 12.5. The number of benzene rings is 2. The Balaban J connectivity index is 1.71. The second-order valence-electron chi connectivity index (χ2n) is 6.23. The fraction of sp³-hybridized carbons (Fsp3) is 0.350. The van der Waals surface area contributed by atoms with Crippen LogP contribution in [0, 0.1) is 5.82 Å². The lowest BCUT2D eigenvalue weighted by Gasteiger charge is -2.25. The number of amides is 1. The zero-order chi connectivity index (χ0) is 17.5. The van der Waals surface area contributed by atoms with Crippen molar-refractivity contribution in [2.45, 2.75) is 25.0 Å². The molecule has 1 aliphatic rings. The van der Waals surface area contributed by atoms with Crippen LogP contribution in [0.2, 0.25) is 0 Å². The molecule has 2 aromatic carbocycles. The summed E-state index contributed by atoms with van der Waals surface area (Å²) in [5.41, 5.74) is 1.55. The van der Waals surface area contributed by atoms with Gasteiger partial charge in [0.05, 0.1) is 25.2 Å². The Kier molecular flexibility index (Phi) is 6.14. The van der Waals surface area contributed by atoms with Gasteiger partial charge in [-0.3, -0.25) is 4.79 Å². The third-order valence-electron chi connectivity index (χ3n) is 4.32. The highest BCUT2D eigenvalue weighted by molar-refractivity contribution is 5.77.